The van der Waals surface area contributed by atoms with Crippen molar-refractivity contribution in [1.82, 2.24) is 9.97 Å². The number of rotatable bonds is 0. The maximum atomic E-state index is 9.03. The Morgan fingerprint density at radius 3 is 2.40 bits per heavy atom. The van der Waals surface area contributed by atoms with Crippen molar-refractivity contribution in [3.8, 4) is 5.75 Å². The van der Waals surface area contributed by atoms with E-state index in [-0.39, 0.29) is 17.5 Å². The number of hydrogen-bond donors (Lipinski definition) is 3. The molecule has 54 valence electrons. The summed E-state index contributed by atoms with van der Waals surface area (Å²) in [6, 6.07) is 0. The van der Waals surface area contributed by atoms with Crippen LogP contribution in [0.3, 0.4) is 0 Å². The minimum atomic E-state index is -0.103. The normalized spacial score (nSPS) is 9.70. The monoisotopic (exact) mass is 140 g/mol. The molecule has 0 aliphatic carbocycles. The van der Waals surface area contributed by atoms with Crippen molar-refractivity contribution in [3.05, 3.63) is 5.69 Å². The molecule has 5 N–H and O–H groups in total. The second kappa shape index (κ2) is 2.02. The number of nitrogens with two attached hydrogens (primary N) is 2. The standard InChI is InChI=1S/C5H8N4O/c1-2-3(10)4(6)9-5(7)8-2/h10H,1H3,(H4,6,7,8,9). The SMILES string of the molecule is Cc1nc(N)nc(N)c1O. The summed E-state index contributed by atoms with van der Waals surface area (Å²) >= 11 is 0. The zero-order chi connectivity index (χ0) is 7.72. The van der Waals surface area contributed by atoms with Crippen molar-refractivity contribution in [3.63, 3.8) is 0 Å². The number of anilines is 2. The maximum absolute atomic E-state index is 9.03. The van der Waals surface area contributed by atoms with Crippen molar-refractivity contribution in [2.45, 2.75) is 6.92 Å². The first-order chi connectivity index (χ1) is 4.61. The fourth-order valence-electron chi connectivity index (χ4n) is 0.611. The molecule has 0 amide bonds. The lowest BCUT2D eigenvalue weighted by molar-refractivity contribution is 0.468. The van der Waals surface area contributed by atoms with E-state index >= 15 is 0 Å². The van der Waals surface area contributed by atoms with E-state index in [1.807, 2.05) is 0 Å². The fourth-order valence-corrected chi connectivity index (χ4v) is 0.611. The Morgan fingerprint density at radius 2 is 1.90 bits per heavy atom. The molecule has 5 heteroatoms. The van der Waals surface area contributed by atoms with Crippen LogP contribution in [0.5, 0.6) is 5.75 Å². The first-order valence-corrected chi connectivity index (χ1v) is 2.70. The third-order valence-electron chi connectivity index (χ3n) is 1.10. The molecule has 5 nitrogen and oxygen atoms in total. The molecule has 0 radical (unpaired) electrons. The van der Waals surface area contributed by atoms with Crippen LogP contribution < -0.4 is 11.5 Å². The largest absolute Gasteiger partial charge is 0.503 e. The molecule has 1 aromatic rings. The Labute approximate surface area is 57.7 Å². The molecule has 0 aromatic carbocycles. The van der Waals surface area contributed by atoms with Gasteiger partial charge in [-0.25, -0.2) is 4.98 Å². The average molecular weight is 140 g/mol. The molecule has 1 rings (SSSR count). The summed E-state index contributed by atoms with van der Waals surface area (Å²) in [4.78, 5) is 7.20. The first-order valence-electron chi connectivity index (χ1n) is 2.70. The number of nitrogens with zero attached hydrogens (tertiary/aromatic N) is 2. The molecule has 1 aromatic heterocycles. The van der Waals surface area contributed by atoms with Gasteiger partial charge in [0.15, 0.2) is 11.6 Å². The molecule has 10 heavy (non-hydrogen) atoms. The first kappa shape index (κ1) is 6.60. The lowest BCUT2D eigenvalue weighted by atomic mass is 10.4. The van der Waals surface area contributed by atoms with Crippen LogP contribution in [-0.4, -0.2) is 15.1 Å². The van der Waals surface area contributed by atoms with Crippen LogP contribution in [0.4, 0.5) is 11.8 Å². The number of aryl methyl sites for hydroxylation is 1. The predicted molar refractivity (Wildman–Crippen MR) is 37.3 cm³/mol. The summed E-state index contributed by atoms with van der Waals surface area (Å²) in [7, 11) is 0. The van der Waals surface area contributed by atoms with Gasteiger partial charge in [0.1, 0.15) is 0 Å². The van der Waals surface area contributed by atoms with E-state index in [0.29, 0.717) is 5.69 Å². The van der Waals surface area contributed by atoms with Crippen LogP contribution in [0, 0.1) is 6.92 Å². The van der Waals surface area contributed by atoms with Crippen LogP contribution in [0.15, 0.2) is 0 Å². The third-order valence-corrected chi connectivity index (χ3v) is 1.10. The van der Waals surface area contributed by atoms with Gasteiger partial charge in [-0.3, -0.25) is 0 Å². The summed E-state index contributed by atoms with van der Waals surface area (Å²) in [5, 5.41) is 9.03. The zero-order valence-electron chi connectivity index (χ0n) is 5.50. The van der Waals surface area contributed by atoms with Crippen LogP contribution >= 0.6 is 0 Å². The van der Waals surface area contributed by atoms with E-state index in [1.54, 1.807) is 6.92 Å². The topological polar surface area (TPSA) is 98.0 Å². The van der Waals surface area contributed by atoms with Crippen LogP contribution in [0.2, 0.25) is 0 Å². The number of aromatic nitrogens is 2. The van der Waals surface area contributed by atoms with Gasteiger partial charge in [0.25, 0.3) is 0 Å². The van der Waals surface area contributed by atoms with E-state index in [2.05, 4.69) is 9.97 Å². The molecule has 0 bridgehead atoms. The Balaban J connectivity index is 3.31. The lowest BCUT2D eigenvalue weighted by Crippen LogP contribution is -2.01. The molecular weight excluding hydrogens is 132 g/mol. The van der Waals surface area contributed by atoms with Gasteiger partial charge in [0, 0.05) is 0 Å². The minimum Gasteiger partial charge on any atom is -0.503 e. The van der Waals surface area contributed by atoms with Crippen LogP contribution in [-0.2, 0) is 0 Å². The van der Waals surface area contributed by atoms with Crippen molar-refractivity contribution in [2.75, 3.05) is 11.5 Å². The Kier molecular flexibility index (Phi) is 1.33. The van der Waals surface area contributed by atoms with Crippen molar-refractivity contribution < 1.29 is 5.11 Å². The smallest absolute Gasteiger partial charge is 0.222 e. The summed E-state index contributed by atoms with van der Waals surface area (Å²) in [5.41, 5.74) is 10.8. The van der Waals surface area contributed by atoms with Crippen molar-refractivity contribution in [1.29, 1.82) is 0 Å². The summed E-state index contributed by atoms with van der Waals surface area (Å²) < 4.78 is 0. The Morgan fingerprint density at radius 1 is 1.30 bits per heavy atom. The van der Waals surface area contributed by atoms with Gasteiger partial charge in [-0.2, -0.15) is 4.98 Å². The summed E-state index contributed by atoms with van der Waals surface area (Å²) in [6.45, 7) is 1.60. The average Bonchev–Trinajstić information content (AvgIpc) is 1.82. The highest BCUT2D eigenvalue weighted by Crippen LogP contribution is 2.20. The van der Waals surface area contributed by atoms with Gasteiger partial charge < -0.3 is 16.6 Å². The van der Waals surface area contributed by atoms with E-state index in [9.17, 15) is 0 Å². The second-order valence-electron chi connectivity index (χ2n) is 1.90. The molecule has 0 spiro atoms. The van der Waals surface area contributed by atoms with Gasteiger partial charge in [0.2, 0.25) is 5.95 Å². The summed E-state index contributed by atoms with van der Waals surface area (Å²) in [5.74, 6) is -0.00741. The van der Waals surface area contributed by atoms with Gasteiger partial charge in [-0.15, -0.1) is 0 Å². The second-order valence-corrected chi connectivity index (χ2v) is 1.90. The maximum Gasteiger partial charge on any atom is 0.222 e. The minimum absolute atomic E-state index is 0.0185. The molecule has 1 heterocycles. The molecule has 0 aliphatic heterocycles. The quantitative estimate of drug-likeness (QED) is 0.457. The van der Waals surface area contributed by atoms with E-state index in [1.165, 1.54) is 0 Å². The number of hydrogen-bond acceptors (Lipinski definition) is 5. The lowest BCUT2D eigenvalue weighted by Gasteiger charge is -2.00. The molecule has 0 atom stereocenters. The highest BCUT2D eigenvalue weighted by atomic mass is 16.3. The molecule has 0 fully saturated rings. The summed E-state index contributed by atoms with van der Waals surface area (Å²) in [6.07, 6.45) is 0. The number of aromatic hydroxyl groups is 1. The van der Waals surface area contributed by atoms with Gasteiger partial charge in [0.05, 0.1) is 5.69 Å². The molecule has 0 aliphatic rings. The highest BCUT2D eigenvalue weighted by molar-refractivity contribution is 5.49. The molecule has 0 saturated heterocycles. The number of nitrogen functional groups attached to an aromatic ring is 2. The van der Waals surface area contributed by atoms with E-state index < -0.39 is 0 Å². The third kappa shape index (κ3) is 0.928. The Hall–Kier alpha value is -1.52. The molecular formula is C5H8N4O. The predicted octanol–water partition coefficient (Wildman–Crippen LogP) is -0.345. The highest BCUT2D eigenvalue weighted by Gasteiger charge is 2.03. The van der Waals surface area contributed by atoms with Crippen LogP contribution in [0.25, 0.3) is 0 Å². The van der Waals surface area contributed by atoms with Crippen molar-refractivity contribution >= 4 is 11.8 Å². The van der Waals surface area contributed by atoms with Gasteiger partial charge in [-0.1, -0.05) is 0 Å². The van der Waals surface area contributed by atoms with Gasteiger partial charge in [-0.05, 0) is 6.92 Å². The van der Waals surface area contributed by atoms with E-state index in [0.717, 1.165) is 0 Å². The zero-order valence-corrected chi connectivity index (χ0v) is 5.50. The van der Waals surface area contributed by atoms with E-state index in [4.69, 9.17) is 16.6 Å². The molecule has 0 unspecified atom stereocenters. The molecule has 0 saturated carbocycles. The van der Waals surface area contributed by atoms with Gasteiger partial charge >= 0.3 is 0 Å². The van der Waals surface area contributed by atoms with Crippen molar-refractivity contribution in [2.24, 2.45) is 0 Å². The Bertz CT molecular complexity index is 237. The van der Waals surface area contributed by atoms with Crippen LogP contribution in [0.1, 0.15) is 5.69 Å². The fraction of sp³-hybridized carbons (Fsp3) is 0.200.